The number of thioether (sulfide) groups is 1. The Balaban J connectivity index is 0.00000114. The average molecular weight is 520 g/mol. The van der Waals surface area contributed by atoms with Crippen LogP contribution in [-0.2, 0) is 14.3 Å². The summed E-state index contributed by atoms with van der Waals surface area (Å²) in [6.45, 7) is 4.59. The van der Waals surface area contributed by atoms with Gasteiger partial charge in [-0.15, -0.1) is 23.4 Å². The molecular weight excluding hydrogens is 485 g/mol. The third-order valence-electron chi connectivity index (χ3n) is 6.00. The normalized spacial score (nSPS) is 39.8. The Hall–Kier alpha value is 0.110. The molecule has 0 aromatic heterocycles. The van der Waals surface area contributed by atoms with E-state index in [1.165, 1.54) is 18.0 Å². The number of nitrogens with zero attached hydrogens (tertiary/aromatic N) is 1. The molecule has 0 aromatic carbocycles. The third-order valence-corrected chi connectivity index (χ3v) is 7.13. The number of hydrogen-bond acceptors (Lipinski definition) is 10. The number of carbonyl (C=O) groups is 1. The first-order chi connectivity index (χ1) is 15.2. The fourth-order valence-corrected chi connectivity index (χ4v) is 5.22. The lowest BCUT2D eigenvalue weighted by Gasteiger charge is -2.44. The fourth-order valence-electron chi connectivity index (χ4n) is 4.34. The minimum Gasteiger partial charge on any atom is -0.388 e. The molecule has 0 spiro atoms. The van der Waals surface area contributed by atoms with Gasteiger partial charge in [0.15, 0.2) is 0 Å². The summed E-state index contributed by atoms with van der Waals surface area (Å²) in [6.07, 6.45) is -2.10. The first-order valence-corrected chi connectivity index (χ1v) is 13.4. The van der Waals surface area contributed by atoms with Crippen LogP contribution in [0.2, 0.25) is 0 Å². The standard InChI is InChI=1S/C18H32ClN3O6S.CH3FS/c1-8(19)10(16-13(24)12(23)14(25)18(28-16)29-3)21-17(26)11-15-9(6-20-11)7-22(2)4-5-27-15;1-3-2/h8-16,18,20,23-25H,4-7H2,1-3H3,(H,21,26);1H3/t8-,9+,10+,11-,12+,13?,14+,15+,16+,18?;/m0./s1. The van der Waals surface area contributed by atoms with E-state index in [9.17, 15) is 24.0 Å². The fraction of sp³-hybridized carbons (Fsp3) is 0.947. The number of ether oxygens (including phenoxy) is 2. The molecule has 188 valence electrons. The monoisotopic (exact) mass is 519 g/mol. The second-order valence-corrected chi connectivity index (χ2v) is 10.2. The summed E-state index contributed by atoms with van der Waals surface area (Å²) in [6, 6.07) is -1.29. The van der Waals surface area contributed by atoms with E-state index in [1.54, 1.807) is 13.2 Å². The molecule has 13 heteroatoms. The zero-order valence-corrected chi connectivity index (χ0v) is 21.1. The molecule has 0 radical (unpaired) electrons. The molecule has 0 saturated carbocycles. The molecule has 3 heterocycles. The lowest BCUT2D eigenvalue weighted by atomic mass is 9.92. The molecule has 1 amide bonds. The van der Waals surface area contributed by atoms with Crippen LogP contribution in [0.4, 0.5) is 3.89 Å². The summed E-state index contributed by atoms with van der Waals surface area (Å²) in [5, 5.41) is 36.3. The van der Waals surface area contributed by atoms with Gasteiger partial charge in [-0.25, -0.2) is 0 Å². The van der Waals surface area contributed by atoms with Crippen LogP contribution in [0.15, 0.2) is 0 Å². The Morgan fingerprint density at radius 1 is 1.28 bits per heavy atom. The van der Waals surface area contributed by atoms with Crippen molar-refractivity contribution in [3.05, 3.63) is 0 Å². The van der Waals surface area contributed by atoms with Crippen LogP contribution < -0.4 is 10.6 Å². The van der Waals surface area contributed by atoms with Crippen LogP contribution >= 0.6 is 35.5 Å². The van der Waals surface area contributed by atoms with Gasteiger partial charge in [0.2, 0.25) is 5.91 Å². The minimum atomic E-state index is -1.39. The predicted molar refractivity (Wildman–Crippen MR) is 125 cm³/mol. The molecule has 0 aromatic rings. The maximum atomic E-state index is 13.1. The van der Waals surface area contributed by atoms with Crippen LogP contribution in [-0.4, -0.2) is 125 Å². The highest BCUT2D eigenvalue weighted by atomic mass is 35.5. The maximum Gasteiger partial charge on any atom is 0.240 e. The summed E-state index contributed by atoms with van der Waals surface area (Å²) in [7, 11) is 2.04. The molecule has 9 nitrogen and oxygen atoms in total. The van der Waals surface area contributed by atoms with Crippen LogP contribution in [0.5, 0.6) is 0 Å². The average Bonchev–Trinajstić information content (AvgIpc) is 3.04. The molecule has 3 saturated heterocycles. The van der Waals surface area contributed by atoms with Gasteiger partial charge < -0.3 is 40.3 Å². The molecule has 3 rings (SSSR count). The van der Waals surface area contributed by atoms with E-state index in [0.29, 0.717) is 13.2 Å². The van der Waals surface area contributed by atoms with E-state index in [4.69, 9.17) is 21.1 Å². The second kappa shape index (κ2) is 13.3. The Labute approximate surface area is 202 Å². The van der Waals surface area contributed by atoms with Gasteiger partial charge in [-0.05, 0) is 20.2 Å². The Morgan fingerprint density at radius 2 is 1.94 bits per heavy atom. The summed E-state index contributed by atoms with van der Waals surface area (Å²) in [5.74, 6) is -0.0730. The molecular formula is C19H35ClFN3O6S2. The van der Waals surface area contributed by atoms with Crippen LogP contribution in [0.25, 0.3) is 0 Å². The molecule has 0 bridgehead atoms. The van der Waals surface area contributed by atoms with Crippen molar-refractivity contribution >= 4 is 41.4 Å². The first-order valence-electron chi connectivity index (χ1n) is 10.5. The summed E-state index contributed by atoms with van der Waals surface area (Å²) < 4.78 is 22.0. The molecule has 3 aliphatic heterocycles. The molecule has 2 unspecified atom stereocenters. The predicted octanol–water partition coefficient (Wildman–Crippen LogP) is -0.578. The first kappa shape index (κ1) is 28.3. The lowest BCUT2D eigenvalue weighted by Crippen LogP contribution is -2.65. The van der Waals surface area contributed by atoms with Crippen LogP contribution in [0, 0.1) is 5.92 Å². The highest BCUT2D eigenvalue weighted by Crippen LogP contribution is 2.30. The lowest BCUT2D eigenvalue weighted by molar-refractivity contribution is -0.205. The van der Waals surface area contributed by atoms with Crippen molar-refractivity contribution in [1.29, 1.82) is 0 Å². The van der Waals surface area contributed by atoms with Crippen molar-refractivity contribution in [2.75, 3.05) is 45.8 Å². The van der Waals surface area contributed by atoms with Crippen molar-refractivity contribution in [3.63, 3.8) is 0 Å². The van der Waals surface area contributed by atoms with E-state index in [0.717, 1.165) is 13.1 Å². The SMILES string of the molecule is CSC1O[C@H]([C@H](NC(=O)[C@H]2NC[C@@H]3CN(C)CCO[C@H]32)[C@H](C)Cl)C(O)[C@@H](O)[C@H]1O.CSF. The van der Waals surface area contributed by atoms with Gasteiger partial charge in [0.05, 0.1) is 24.1 Å². The number of halogens is 2. The van der Waals surface area contributed by atoms with Gasteiger partial charge in [-0.1, -0.05) is 0 Å². The number of hydrogen-bond donors (Lipinski definition) is 5. The van der Waals surface area contributed by atoms with Crippen molar-refractivity contribution in [1.82, 2.24) is 15.5 Å². The summed E-state index contributed by atoms with van der Waals surface area (Å²) in [5.41, 5.74) is -0.733. The molecule has 10 atom stereocenters. The number of carbonyl (C=O) groups excluding carboxylic acids is 1. The second-order valence-electron chi connectivity index (χ2n) is 8.29. The minimum absolute atomic E-state index is 0.208. The van der Waals surface area contributed by atoms with Gasteiger partial charge in [0.25, 0.3) is 0 Å². The summed E-state index contributed by atoms with van der Waals surface area (Å²) >= 11 is 7.80. The zero-order valence-electron chi connectivity index (χ0n) is 18.7. The van der Waals surface area contributed by atoms with Crippen molar-refractivity contribution in [3.8, 4) is 0 Å². The van der Waals surface area contributed by atoms with E-state index in [2.05, 4.69) is 15.5 Å². The summed E-state index contributed by atoms with van der Waals surface area (Å²) in [4.78, 5) is 15.3. The molecule has 3 fully saturated rings. The van der Waals surface area contributed by atoms with Crippen LogP contribution in [0.1, 0.15) is 6.92 Å². The Bertz CT molecular complexity index is 599. The molecule has 0 aliphatic carbocycles. The van der Waals surface area contributed by atoms with E-state index >= 15 is 0 Å². The zero-order chi connectivity index (χ0) is 24.0. The van der Waals surface area contributed by atoms with Crippen molar-refractivity contribution < 1.29 is 33.5 Å². The number of alkyl halides is 1. The third kappa shape index (κ3) is 6.83. The van der Waals surface area contributed by atoms with Crippen molar-refractivity contribution in [2.24, 2.45) is 5.92 Å². The van der Waals surface area contributed by atoms with Gasteiger partial charge in [0.1, 0.15) is 35.9 Å². The largest absolute Gasteiger partial charge is 0.388 e. The molecule has 5 N–H and O–H groups in total. The van der Waals surface area contributed by atoms with Crippen LogP contribution in [0.3, 0.4) is 0 Å². The highest BCUT2D eigenvalue weighted by molar-refractivity contribution is 7.99. The Kier molecular flexibility index (Phi) is 11.8. The van der Waals surface area contributed by atoms with E-state index in [1.807, 2.05) is 7.05 Å². The van der Waals surface area contributed by atoms with Crippen molar-refractivity contribution in [2.45, 2.75) is 60.3 Å². The van der Waals surface area contributed by atoms with E-state index in [-0.39, 0.29) is 30.1 Å². The maximum absolute atomic E-state index is 13.1. The topological polar surface area (TPSA) is 124 Å². The number of aliphatic hydroxyl groups excluding tert-OH is 3. The number of fused-ring (bicyclic) bond motifs is 1. The van der Waals surface area contributed by atoms with Gasteiger partial charge >= 0.3 is 0 Å². The number of amides is 1. The van der Waals surface area contributed by atoms with Gasteiger partial charge in [-0.2, -0.15) is 3.89 Å². The van der Waals surface area contributed by atoms with Gasteiger partial charge in [0, 0.05) is 44.0 Å². The number of rotatable bonds is 5. The quantitative estimate of drug-likeness (QED) is 0.301. The van der Waals surface area contributed by atoms with Gasteiger partial charge in [-0.3, -0.25) is 4.79 Å². The smallest absolute Gasteiger partial charge is 0.240 e. The molecule has 32 heavy (non-hydrogen) atoms. The number of nitrogens with one attached hydrogen (secondary N) is 2. The van der Waals surface area contributed by atoms with E-state index < -0.39 is 47.3 Å². The number of likely N-dealkylation sites (N-methyl/N-ethyl adjacent to an activating group) is 1. The highest BCUT2D eigenvalue weighted by Gasteiger charge is 2.49. The molecule has 3 aliphatic rings. The Morgan fingerprint density at radius 3 is 2.53 bits per heavy atom. The number of aliphatic hydroxyl groups is 3.